The zero-order chi connectivity index (χ0) is 18.8. The fraction of sp³-hybridized carbons (Fsp3) is 0.300. The van der Waals surface area contributed by atoms with Crippen LogP contribution in [0.3, 0.4) is 0 Å². The molecule has 4 rings (SSSR count). The average Bonchev–Trinajstić information content (AvgIpc) is 3.08. The molecule has 0 spiro atoms. The number of nitrogens with zero attached hydrogens (tertiary/aromatic N) is 1. The number of hydrogen-bond acceptors (Lipinski definition) is 5. The molecule has 0 fully saturated rings. The highest BCUT2D eigenvalue weighted by Gasteiger charge is 2.27. The van der Waals surface area contributed by atoms with Gasteiger partial charge in [0, 0.05) is 23.1 Å². The fourth-order valence-electron chi connectivity index (χ4n) is 3.15. The van der Waals surface area contributed by atoms with Crippen LogP contribution in [0.4, 0.5) is 5.69 Å². The maximum atomic E-state index is 12.6. The normalized spacial score (nSPS) is 18.0. The highest BCUT2D eigenvalue weighted by Crippen LogP contribution is 2.37. The summed E-state index contributed by atoms with van der Waals surface area (Å²) < 4.78 is 10.6. The summed E-state index contributed by atoms with van der Waals surface area (Å²) in [6, 6.07) is 13.3. The lowest BCUT2D eigenvalue weighted by Crippen LogP contribution is -2.40. The molecule has 7 heteroatoms. The van der Waals surface area contributed by atoms with E-state index in [1.807, 2.05) is 49.4 Å². The number of nitrogens with one attached hydrogen (secondary N) is 1. The van der Waals surface area contributed by atoms with Crippen LogP contribution in [0.1, 0.15) is 18.9 Å². The zero-order valence-electron chi connectivity index (χ0n) is 14.9. The number of rotatable bonds is 4. The minimum atomic E-state index is -0.199. The number of carbonyl (C=O) groups excluding carboxylic acids is 2. The molecular formula is C20H20N2O4S. The van der Waals surface area contributed by atoms with Crippen LogP contribution in [0.2, 0.25) is 0 Å². The SMILES string of the molecule is C[C@H]1CC(=O)N(CC(=O)NCc2ccc3c(c2)OCO3)c2ccccc2S1. The Morgan fingerprint density at radius 1 is 1.22 bits per heavy atom. The predicted molar refractivity (Wildman–Crippen MR) is 103 cm³/mol. The van der Waals surface area contributed by atoms with Gasteiger partial charge in [0.15, 0.2) is 11.5 Å². The lowest BCUT2D eigenvalue weighted by molar-refractivity contribution is -0.123. The Balaban J connectivity index is 1.43. The first-order chi connectivity index (χ1) is 13.1. The standard InChI is InChI=1S/C20H20N2O4S/c1-13-8-20(24)22(15-4-2-3-5-18(15)27-13)11-19(23)21-10-14-6-7-16-17(9-14)26-12-25-16/h2-7,9,13H,8,10-12H2,1H3,(H,21,23)/t13-/m0/s1. The Labute approximate surface area is 161 Å². The van der Waals surface area contributed by atoms with Crippen molar-refractivity contribution in [1.82, 2.24) is 5.32 Å². The van der Waals surface area contributed by atoms with Gasteiger partial charge in [-0.25, -0.2) is 0 Å². The molecule has 2 amide bonds. The van der Waals surface area contributed by atoms with Gasteiger partial charge in [0.05, 0.1) is 5.69 Å². The van der Waals surface area contributed by atoms with Crippen LogP contribution < -0.4 is 19.7 Å². The molecule has 1 atom stereocenters. The molecule has 2 aliphatic rings. The molecule has 27 heavy (non-hydrogen) atoms. The molecule has 140 valence electrons. The second-order valence-electron chi connectivity index (χ2n) is 6.54. The van der Waals surface area contributed by atoms with Crippen molar-refractivity contribution >= 4 is 29.3 Å². The number of anilines is 1. The molecule has 0 aromatic heterocycles. The van der Waals surface area contributed by atoms with Crippen LogP contribution >= 0.6 is 11.8 Å². The Bertz CT molecular complexity index is 886. The molecular weight excluding hydrogens is 364 g/mol. The third-order valence-electron chi connectivity index (χ3n) is 4.48. The second kappa shape index (κ2) is 7.52. The van der Waals surface area contributed by atoms with Crippen molar-refractivity contribution < 1.29 is 19.1 Å². The largest absolute Gasteiger partial charge is 0.454 e. The smallest absolute Gasteiger partial charge is 0.240 e. The van der Waals surface area contributed by atoms with Crippen LogP contribution in [0.15, 0.2) is 47.4 Å². The van der Waals surface area contributed by atoms with E-state index in [-0.39, 0.29) is 30.4 Å². The molecule has 0 radical (unpaired) electrons. The van der Waals surface area contributed by atoms with Crippen molar-refractivity contribution in [3.63, 3.8) is 0 Å². The van der Waals surface area contributed by atoms with Gasteiger partial charge in [0.1, 0.15) is 6.54 Å². The molecule has 2 aromatic rings. The molecule has 2 aliphatic heterocycles. The molecule has 0 aliphatic carbocycles. The van der Waals surface area contributed by atoms with Gasteiger partial charge in [-0.05, 0) is 29.8 Å². The van der Waals surface area contributed by atoms with Gasteiger partial charge in [-0.1, -0.05) is 25.1 Å². The van der Waals surface area contributed by atoms with Crippen LogP contribution in [0.25, 0.3) is 0 Å². The molecule has 2 aromatic carbocycles. The predicted octanol–water partition coefficient (Wildman–Crippen LogP) is 2.95. The number of amides is 2. The van der Waals surface area contributed by atoms with Gasteiger partial charge < -0.3 is 19.7 Å². The molecule has 0 saturated heterocycles. The Morgan fingerprint density at radius 3 is 2.93 bits per heavy atom. The summed E-state index contributed by atoms with van der Waals surface area (Å²) in [5.74, 6) is 1.17. The van der Waals surface area contributed by atoms with Gasteiger partial charge in [-0.2, -0.15) is 0 Å². The number of hydrogen-bond donors (Lipinski definition) is 1. The van der Waals surface area contributed by atoms with Crippen molar-refractivity contribution in [1.29, 1.82) is 0 Å². The van der Waals surface area contributed by atoms with Gasteiger partial charge >= 0.3 is 0 Å². The van der Waals surface area contributed by atoms with Gasteiger partial charge in [0.25, 0.3) is 0 Å². The monoisotopic (exact) mass is 384 g/mol. The summed E-state index contributed by atoms with van der Waals surface area (Å²) in [5, 5.41) is 3.07. The summed E-state index contributed by atoms with van der Waals surface area (Å²) >= 11 is 1.67. The van der Waals surface area contributed by atoms with E-state index >= 15 is 0 Å². The van der Waals surface area contributed by atoms with Crippen molar-refractivity contribution in [2.45, 2.75) is 30.0 Å². The maximum absolute atomic E-state index is 12.6. The first-order valence-corrected chi connectivity index (χ1v) is 9.69. The summed E-state index contributed by atoms with van der Waals surface area (Å²) in [5.41, 5.74) is 1.72. The summed E-state index contributed by atoms with van der Waals surface area (Å²) in [6.45, 7) is 2.62. The van der Waals surface area contributed by atoms with Crippen molar-refractivity contribution in [3.05, 3.63) is 48.0 Å². The van der Waals surface area contributed by atoms with E-state index in [0.29, 0.717) is 24.5 Å². The van der Waals surface area contributed by atoms with Crippen LogP contribution in [0, 0.1) is 0 Å². The average molecular weight is 384 g/mol. The number of benzene rings is 2. The molecule has 2 heterocycles. The topological polar surface area (TPSA) is 67.9 Å². The van der Waals surface area contributed by atoms with Crippen molar-refractivity contribution in [2.24, 2.45) is 0 Å². The summed E-state index contributed by atoms with van der Waals surface area (Å²) in [4.78, 5) is 27.7. The first-order valence-electron chi connectivity index (χ1n) is 8.81. The lowest BCUT2D eigenvalue weighted by atomic mass is 10.2. The molecule has 0 unspecified atom stereocenters. The van der Waals surface area contributed by atoms with E-state index in [0.717, 1.165) is 16.1 Å². The van der Waals surface area contributed by atoms with E-state index in [9.17, 15) is 9.59 Å². The Morgan fingerprint density at radius 2 is 2.04 bits per heavy atom. The molecule has 0 saturated carbocycles. The first kappa shape index (κ1) is 17.7. The van der Waals surface area contributed by atoms with E-state index in [1.54, 1.807) is 16.7 Å². The fourth-order valence-corrected chi connectivity index (χ4v) is 4.27. The summed E-state index contributed by atoms with van der Waals surface area (Å²) in [7, 11) is 0. The van der Waals surface area contributed by atoms with Crippen molar-refractivity contribution in [2.75, 3.05) is 18.2 Å². The Hall–Kier alpha value is -2.67. The highest BCUT2D eigenvalue weighted by atomic mass is 32.2. The number of thioether (sulfide) groups is 1. The van der Waals surface area contributed by atoms with E-state index in [2.05, 4.69) is 5.32 Å². The van der Waals surface area contributed by atoms with Crippen LogP contribution in [-0.4, -0.2) is 30.4 Å². The molecule has 6 nitrogen and oxygen atoms in total. The minimum absolute atomic E-state index is 0.00762. The maximum Gasteiger partial charge on any atom is 0.240 e. The Kier molecular flexibility index (Phi) is 4.94. The number of carbonyl (C=O) groups is 2. The third-order valence-corrected chi connectivity index (χ3v) is 5.64. The van der Waals surface area contributed by atoms with Gasteiger partial charge in [-0.15, -0.1) is 11.8 Å². The quantitative estimate of drug-likeness (QED) is 0.878. The molecule has 1 N–H and O–H groups in total. The van der Waals surface area contributed by atoms with Crippen LogP contribution in [0.5, 0.6) is 11.5 Å². The number of ether oxygens (including phenoxy) is 2. The number of fused-ring (bicyclic) bond motifs is 2. The minimum Gasteiger partial charge on any atom is -0.454 e. The lowest BCUT2D eigenvalue weighted by Gasteiger charge is -2.22. The second-order valence-corrected chi connectivity index (χ2v) is 8.02. The molecule has 0 bridgehead atoms. The van der Waals surface area contributed by atoms with Crippen molar-refractivity contribution in [3.8, 4) is 11.5 Å². The number of para-hydroxylation sites is 1. The van der Waals surface area contributed by atoms with E-state index in [1.165, 1.54) is 0 Å². The van der Waals surface area contributed by atoms with Crippen LogP contribution in [-0.2, 0) is 16.1 Å². The van der Waals surface area contributed by atoms with Gasteiger partial charge in [-0.3, -0.25) is 9.59 Å². The van der Waals surface area contributed by atoms with E-state index < -0.39 is 0 Å². The third kappa shape index (κ3) is 3.88. The summed E-state index contributed by atoms with van der Waals surface area (Å²) in [6.07, 6.45) is 0.411. The highest BCUT2D eigenvalue weighted by molar-refractivity contribution is 8.00. The zero-order valence-corrected chi connectivity index (χ0v) is 15.8. The van der Waals surface area contributed by atoms with E-state index in [4.69, 9.17) is 9.47 Å². The van der Waals surface area contributed by atoms with Gasteiger partial charge in [0.2, 0.25) is 18.6 Å².